The van der Waals surface area contributed by atoms with Gasteiger partial charge in [0.15, 0.2) is 11.5 Å². The molecule has 0 aliphatic carbocycles. The number of aliphatic hydroxyl groups excluding tert-OH is 1. The van der Waals surface area contributed by atoms with Crippen molar-refractivity contribution < 1.29 is 26.2 Å². The fourth-order valence-corrected chi connectivity index (χ4v) is 1.12. The third-order valence-electron chi connectivity index (χ3n) is 2.03. The second-order valence-corrected chi connectivity index (χ2v) is 3.10. The van der Waals surface area contributed by atoms with Gasteiger partial charge in [-0.2, -0.15) is 0 Å². The van der Waals surface area contributed by atoms with E-state index in [9.17, 15) is 15.0 Å². The molecule has 0 amide bonds. The van der Waals surface area contributed by atoms with Crippen LogP contribution in [0.4, 0.5) is 0 Å². The summed E-state index contributed by atoms with van der Waals surface area (Å²) in [6.07, 6.45) is -1.69. The summed E-state index contributed by atoms with van der Waals surface area (Å²) in [6, 6.07) is 0.970. The predicted octanol–water partition coefficient (Wildman–Crippen LogP) is -0.369. The minimum Gasteiger partial charge on any atom is -0.504 e. The minimum atomic E-state index is -2.39. The number of benzene rings is 1. The van der Waals surface area contributed by atoms with Gasteiger partial charge in [0, 0.05) is 0 Å². The van der Waals surface area contributed by atoms with Gasteiger partial charge in [0.2, 0.25) is 0 Å². The van der Waals surface area contributed by atoms with Gasteiger partial charge in [-0.05, 0) is 17.7 Å². The van der Waals surface area contributed by atoms with E-state index in [-0.39, 0.29) is 11.3 Å². The van der Waals surface area contributed by atoms with E-state index in [1.807, 2.05) is 0 Å². The van der Waals surface area contributed by atoms with Gasteiger partial charge < -0.3 is 25.8 Å². The molecule has 2 atom stereocenters. The average Bonchev–Trinajstić information content (AvgIpc) is 2.30. The Labute approximate surface area is 93.3 Å². The Kier molecular flexibility index (Phi) is 3.23. The molecular weight excluding hydrogens is 214 g/mol. The molecule has 0 aliphatic heterocycles. The Morgan fingerprint density at radius 3 is 2.62 bits per heavy atom. The van der Waals surface area contributed by atoms with E-state index in [1.54, 1.807) is 0 Å². The van der Waals surface area contributed by atoms with Crippen molar-refractivity contribution in [3.05, 3.63) is 23.8 Å². The maximum absolute atomic E-state index is 11.2. The van der Waals surface area contributed by atoms with Gasteiger partial charge in [0.25, 0.3) is 0 Å². The minimum absolute atomic E-state index is 0.0169. The molecule has 0 saturated heterocycles. The standard InChI is InChI=1S/C10H13NO5/c1-16-10(15)8(11)9(14)5-2-3-6(12)7(13)4-5/h2-4,8-9,12-14H,11H2,1H3/t8-,9-/m0/s1/i8D. The van der Waals surface area contributed by atoms with Crippen molar-refractivity contribution >= 4 is 5.97 Å². The summed E-state index contributed by atoms with van der Waals surface area (Å²) >= 11 is 0. The zero-order valence-corrected chi connectivity index (χ0v) is 8.54. The zero-order valence-electron chi connectivity index (χ0n) is 9.54. The first-order valence-corrected chi connectivity index (χ1v) is 4.38. The van der Waals surface area contributed by atoms with Crippen LogP contribution in [-0.2, 0) is 9.53 Å². The molecule has 0 saturated carbocycles. The maximum atomic E-state index is 11.2. The fraction of sp³-hybridized carbons (Fsp3) is 0.300. The number of hydrogen-bond donors (Lipinski definition) is 4. The normalized spacial score (nSPS) is 17.1. The molecular formula is C10H13NO5. The number of phenolic OH excluding ortho intramolecular Hbond substituents is 2. The van der Waals surface area contributed by atoms with Crippen LogP contribution in [0.25, 0.3) is 0 Å². The van der Waals surface area contributed by atoms with Gasteiger partial charge >= 0.3 is 5.97 Å². The Bertz CT molecular complexity index is 435. The van der Waals surface area contributed by atoms with Crippen molar-refractivity contribution in [3.63, 3.8) is 0 Å². The lowest BCUT2D eigenvalue weighted by molar-refractivity contribution is -0.145. The molecule has 6 nitrogen and oxygen atoms in total. The van der Waals surface area contributed by atoms with E-state index in [0.717, 1.165) is 19.2 Å². The molecule has 0 spiro atoms. The predicted molar refractivity (Wildman–Crippen MR) is 54.7 cm³/mol. The summed E-state index contributed by atoms with van der Waals surface area (Å²) in [5.41, 5.74) is 5.35. The number of ether oxygens (including phenoxy) is 1. The first-order valence-electron chi connectivity index (χ1n) is 4.88. The quantitative estimate of drug-likeness (QED) is 0.415. The van der Waals surface area contributed by atoms with Gasteiger partial charge in [-0.25, -0.2) is 0 Å². The average molecular weight is 228 g/mol. The van der Waals surface area contributed by atoms with Gasteiger partial charge in [-0.15, -0.1) is 0 Å². The molecule has 0 unspecified atom stereocenters. The van der Waals surface area contributed by atoms with E-state index < -0.39 is 23.8 Å². The second kappa shape index (κ2) is 4.82. The number of esters is 1. The third-order valence-corrected chi connectivity index (χ3v) is 2.03. The first kappa shape index (κ1) is 10.7. The molecule has 0 aliphatic rings. The second-order valence-electron chi connectivity index (χ2n) is 3.10. The van der Waals surface area contributed by atoms with Gasteiger partial charge in [-0.3, -0.25) is 4.79 Å². The Morgan fingerprint density at radius 1 is 1.50 bits per heavy atom. The van der Waals surface area contributed by atoms with Crippen LogP contribution in [0.1, 0.15) is 13.0 Å². The molecule has 1 aromatic rings. The highest BCUT2D eigenvalue weighted by Gasteiger charge is 2.25. The van der Waals surface area contributed by atoms with Gasteiger partial charge in [-0.1, -0.05) is 6.07 Å². The number of methoxy groups -OCH3 is 1. The van der Waals surface area contributed by atoms with Crippen LogP contribution in [0.2, 0.25) is 0 Å². The molecule has 0 aromatic heterocycles. The molecule has 0 radical (unpaired) electrons. The lowest BCUT2D eigenvalue weighted by atomic mass is 10.0. The molecule has 16 heavy (non-hydrogen) atoms. The zero-order chi connectivity index (χ0) is 13.2. The van der Waals surface area contributed by atoms with Crippen LogP contribution in [0, 0.1) is 0 Å². The Hall–Kier alpha value is -1.79. The lowest BCUT2D eigenvalue weighted by Gasteiger charge is -2.17. The van der Waals surface area contributed by atoms with E-state index >= 15 is 0 Å². The van der Waals surface area contributed by atoms with Crippen molar-refractivity contribution in [2.24, 2.45) is 5.73 Å². The van der Waals surface area contributed by atoms with Crippen LogP contribution in [0.3, 0.4) is 0 Å². The number of hydrogen-bond acceptors (Lipinski definition) is 6. The lowest BCUT2D eigenvalue weighted by Crippen LogP contribution is -2.37. The summed E-state index contributed by atoms with van der Waals surface area (Å²) in [5.74, 6) is -1.98. The smallest absolute Gasteiger partial charge is 0.325 e. The maximum Gasteiger partial charge on any atom is 0.325 e. The van der Waals surface area contributed by atoms with Gasteiger partial charge in [0.1, 0.15) is 12.1 Å². The highest BCUT2D eigenvalue weighted by molar-refractivity contribution is 5.76. The Balaban J connectivity index is 3.07. The molecule has 88 valence electrons. The summed E-state index contributed by atoms with van der Waals surface area (Å²) in [7, 11) is 1.04. The highest BCUT2D eigenvalue weighted by atomic mass is 16.5. The van der Waals surface area contributed by atoms with Crippen molar-refractivity contribution in [1.82, 2.24) is 0 Å². The fourth-order valence-electron chi connectivity index (χ4n) is 1.12. The molecule has 5 N–H and O–H groups in total. The molecule has 0 heterocycles. The monoisotopic (exact) mass is 228 g/mol. The van der Waals surface area contributed by atoms with Gasteiger partial charge in [0.05, 0.1) is 8.48 Å². The Morgan fingerprint density at radius 2 is 2.12 bits per heavy atom. The number of carbonyl (C=O) groups is 1. The van der Waals surface area contributed by atoms with Crippen molar-refractivity contribution in [2.75, 3.05) is 7.11 Å². The highest BCUT2D eigenvalue weighted by Crippen LogP contribution is 2.28. The number of nitrogens with two attached hydrogens (primary N) is 1. The SMILES string of the molecule is [2H][C@@](N)(C(=O)OC)[C@@H](O)c1ccc(O)c(O)c1. The van der Waals surface area contributed by atoms with Crippen LogP contribution in [-0.4, -0.2) is 34.4 Å². The third kappa shape index (κ3) is 2.41. The number of phenols is 2. The number of rotatable bonds is 3. The summed E-state index contributed by atoms with van der Waals surface area (Å²) in [5, 5.41) is 28.1. The summed E-state index contributed by atoms with van der Waals surface area (Å²) in [4.78, 5) is 11.2. The summed E-state index contributed by atoms with van der Waals surface area (Å²) in [6.45, 7) is 0. The molecule has 6 heteroatoms. The first-order chi connectivity index (χ1) is 7.80. The van der Waals surface area contributed by atoms with E-state index in [0.29, 0.717) is 0 Å². The summed E-state index contributed by atoms with van der Waals surface area (Å²) < 4.78 is 11.8. The number of aromatic hydroxyl groups is 2. The van der Waals surface area contributed by atoms with E-state index in [1.165, 1.54) is 6.07 Å². The number of aliphatic hydroxyl groups is 1. The number of carbonyl (C=O) groups excluding carboxylic acids is 1. The largest absolute Gasteiger partial charge is 0.504 e. The van der Waals surface area contributed by atoms with Crippen molar-refractivity contribution in [3.8, 4) is 11.5 Å². The molecule has 1 aromatic carbocycles. The van der Waals surface area contributed by atoms with Crippen molar-refractivity contribution in [2.45, 2.75) is 12.1 Å². The van der Waals surface area contributed by atoms with Crippen molar-refractivity contribution in [1.29, 1.82) is 0 Å². The molecule has 1 rings (SSSR count). The molecule has 0 fully saturated rings. The van der Waals surface area contributed by atoms with E-state index in [2.05, 4.69) is 4.74 Å². The topological polar surface area (TPSA) is 113 Å². The van der Waals surface area contributed by atoms with E-state index in [4.69, 9.17) is 12.2 Å². The van der Waals surface area contributed by atoms with Crippen LogP contribution in [0.15, 0.2) is 18.2 Å². The van der Waals surface area contributed by atoms with Crippen LogP contribution in [0.5, 0.6) is 11.5 Å². The molecule has 0 bridgehead atoms. The van der Waals surface area contributed by atoms with Crippen LogP contribution < -0.4 is 5.73 Å². The van der Waals surface area contributed by atoms with Crippen LogP contribution >= 0.6 is 0 Å².